The fraction of sp³-hybridized carbons (Fsp3) is 0.324. The number of carbonyl (C=O) groups is 2. The van der Waals surface area contributed by atoms with Gasteiger partial charge < -0.3 is 24.4 Å². The van der Waals surface area contributed by atoms with Crippen molar-refractivity contribution < 1.29 is 47.8 Å². The Morgan fingerprint density at radius 2 is 1.61 bits per heavy atom. The lowest BCUT2D eigenvalue weighted by Gasteiger charge is -2.44. The van der Waals surface area contributed by atoms with Crippen molar-refractivity contribution in [2.75, 3.05) is 38.8 Å². The number of hydrogen-bond acceptors (Lipinski definition) is 8. The first-order valence-corrected chi connectivity index (χ1v) is 16.9. The third-order valence-electron chi connectivity index (χ3n) is 9.19. The number of benzene rings is 3. The highest BCUT2D eigenvalue weighted by molar-refractivity contribution is 6.35. The summed E-state index contributed by atoms with van der Waals surface area (Å²) in [5.41, 5.74) is 1.17. The monoisotopic (exact) mass is 743 g/mol. The maximum Gasteiger partial charge on any atom is 0.415 e. The van der Waals surface area contributed by atoms with Crippen LogP contribution in [0.3, 0.4) is 0 Å². The standard InChI is InChI=1S/C37H35Cl2F2N3O6.H2O/c1-47-31-10-9-24(16-33(31)48-2)32(17-26-27(38)18-42-19-28(26)39)49-36(45)25-6-3-5-22(15-25)20-44(35-29(40)7-4-8-30(35)41)37(46)50-34-21-43-13-11-23(34)12-14-43;/h3-10,15-16,18-19,23,32,34H,11-14,17,20-21H2,1-2H3;1H2/t32-,34-;/m0./s1. The number of aromatic nitrogens is 1. The number of halogens is 4. The molecule has 2 N–H and O–H groups in total. The molecule has 3 saturated heterocycles. The van der Waals surface area contributed by atoms with Crippen molar-refractivity contribution in [3.05, 3.63) is 117 Å². The summed E-state index contributed by atoms with van der Waals surface area (Å²) in [7, 11) is 3.01. The molecule has 2 atom stereocenters. The number of nitrogens with zero attached hydrogens (tertiary/aromatic N) is 2. The molecule has 51 heavy (non-hydrogen) atoms. The van der Waals surface area contributed by atoms with Crippen LogP contribution in [0, 0.1) is 17.6 Å². The SMILES string of the molecule is COc1ccc([C@H](Cc2c(Cl)c[nH+]cc2Cl)OC(=O)c2cccc(CN(C(=O)O[C@H]3CN4CCC3CC4)c3c(F)cccc3F)c2)cc1OC.[OH-]. The lowest BCUT2D eigenvalue weighted by Crippen LogP contribution is -2.53. The number of H-pyrrole nitrogens is 1. The number of para-hydroxylation sites is 1. The van der Waals surface area contributed by atoms with Gasteiger partial charge in [-0.1, -0.05) is 47.5 Å². The number of esters is 1. The van der Waals surface area contributed by atoms with Crippen molar-refractivity contribution in [3.8, 4) is 11.5 Å². The fourth-order valence-electron chi connectivity index (χ4n) is 6.53. The van der Waals surface area contributed by atoms with Gasteiger partial charge in [0.2, 0.25) is 0 Å². The van der Waals surface area contributed by atoms with Crippen LogP contribution in [0.2, 0.25) is 10.0 Å². The molecular formula is C37H37Cl2F2N3O7. The lowest BCUT2D eigenvalue weighted by atomic mass is 9.86. The van der Waals surface area contributed by atoms with E-state index in [2.05, 4.69) is 9.88 Å². The second kappa shape index (κ2) is 16.7. The molecule has 3 aliphatic heterocycles. The van der Waals surface area contributed by atoms with Gasteiger partial charge in [0.1, 0.15) is 39.6 Å². The minimum Gasteiger partial charge on any atom is -0.870 e. The summed E-state index contributed by atoms with van der Waals surface area (Å²) in [6, 6.07) is 14.8. The van der Waals surface area contributed by atoms with E-state index in [-0.39, 0.29) is 36.0 Å². The third-order valence-corrected chi connectivity index (χ3v) is 9.87. The van der Waals surface area contributed by atoms with Crippen LogP contribution in [-0.2, 0) is 22.4 Å². The van der Waals surface area contributed by atoms with E-state index in [1.54, 1.807) is 48.8 Å². The normalized spacial score (nSPS) is 18.3. The van der Waals surface area contributed by atoms with Crippen LogP contribution in [0.5, 0.6) is 11.5 Å². The molecule has 0 unspecified atom stereocenters. The molecule has 14 heteroatoms. The summed E-state index contributed by atoms with van der Waals surface area (Å²) >= 11 is 12.9. The number of piperidine rings is 3. The number of nitrogens with one attached hydrogen (secondary N) is 1. The van der Waals surface area contributed by atoms with Gasteiger partial charge in [-0.25, -0.2) is 23.4 Å². The summed E-state index contributed by atoms with van der Waals surface area (Å²) in [4.78, 5) is 33.5. The summed E-state index contributed by atoms with van der Waals surface area (Å²) in [5.74, 6) is -1.42. The van der Waals surface area contributed by atoms with E-state index in [0.717, 1.165) is 43.0 Å². The van der Waals surface area contributed by atoms with Crippen molar-refractivity contribution in [1.82, 2.24) is 4.90 Å². The number of aromatic amines is 1. The van der Waals surface area contributed by atoms with Gasteiger partial charge in [-0.15, -0.1) is 0 Å². The number of amides is 1. The van der Waals surface area contributed by atoms with Gasteiger partial charge in [-0.2, -0.15) is 0 Å². The molecule has 1 amide bonds. The first-order valence-electron chi connectivity index (χ1n) is 16.2. The molecule has 0 aliphatic carbocycles. The van der Waals surface area contributed by atoms with Crippen molar-refractivity contribution in [3.63, 3.8) is 0 Å². The van der Waals surface area contributed by atoms with E-state index < -0.39 is 35.5 Å². The Hall–Kier alpha value is -4.49. The molecule has 4 heterocycles. The van der Waals surface area contributed by atoms with Gasteiger partial charge in [0, 0.05) is 18.5 Å². The molecule has 7 rings (SSSR count). The van der Waals surface area contributed by atoms with E-state index in [1.807, 2.05) is 0 Å². The number of anilines is 1. The Morgan fingerprint density at radius 3 is 2.24 bits per heavy atom. The molecule has 3 fully saturated rings. The molecule has 0 saturated carbocycles. The maximum atomic E-state index is 15.1. The number of ether oxygens (including phenoxy) is 4. The summed E-state index contributed by atoms with van der Waals surface area (Å²) in [6.45, 7) is 2.17. The lowest BCUT2D eigenvalue weighted by molar-refractivity contribution is -0.377. The first-order chi connectivity index (χ1) is 24.1. The molecule has 3 aliphatic rings. The van der Waals surface area contributed by atoms with E-state index >= 15 is 8.78 Å². The van der Waals surface area contributed by atoms with Gasteiger partial charge in [0.05, 0.1) is 26.3 Å². The molecular weight excluding hydrogens is 707 g/mol. The van der Waals surface area contributed by atoms with Gasteiger partial charge in [-0.3, -0.25) is 9.80 Å². The molecule has 0 radical (unpaired) electrons. The number of fused-ring (bicyclic) bond motifs is 3. The average Bonchev–Trinajstić information content (AvgIpc) is 3.12. The predicted octanol–water partition coefficient (Wildman–Crippen LogP) is 7.30. The van der Waals surface area contributed by atoms with Crippen LogP contribution < -0.4 is 19.4 Å². The molecule has 270 valence electrons. The quantitative estimate of drug-likeness (QED) is 0.147. The van der Waals surface area contributed by atoms with Gasteiger partial charge in [0.15, 0.2) is 23.9 Å². The molecule has 1 aromatic heterocycles. The number of hydrogen-bond donors (Lipinski definition) is 0. The zero-order chi connectivity index (χ0) is 35.4. The van der Waals surface area contributed by atoms with Crippen LogP contribution in [0.4, 0.5) is 19.3 Å². The summed E-state index contributed by atoms with van der Waals surface area (Å²) < 4.78 is 53.1. The van der Waals surface area contributed by atoms with E-state index in [9.17, 15) is 9.59 Å². The number of carbonyl (C=O) groups excluding carboxylic acids is 2. The van der Waals surface area contributed by atoms with Crippen LogP contribution in [0.25, 0.3) is 0 Å². The average molecular weight is 745 g/mol. The highest BCUT2D eigenvalue weighted by Gasteiger charge is 2.38. The molecule has 0 spiro atoms. The Bertz CT molecular complexity index is 1840. The minimum absolute atomic E-state index is 0. The van der Waals surface area contributed by atoms with Gasteiger partial charge >= 0.3 is 12.1 Å². The van der Waals surface area contributed by atoms with E-state index in [0.29, 0.717) is 44.8 Å². The Kier molecular flexibility index (Phi) is 12.4. The second-order valence-corrected chi connectivity index (χ2v) is 13.1. The molecule has 2 bridgehead atoms. The second-order valence-electron chi connectivity index (χ2n) is 12.3. The highest BCUT2D eigenvalue weighted by atomic mass is 35.5. The Labute approximate surface area is 304 Å². The predicted molar refractivity (Wildman–Crippen MR) is 185 cm³/mol. The number of pyridine rings is 1. The fourth-order valence-corrected chi connectivity index (χ4v) is 7.07. The maximum absolute atomic E-state index is 15.1. The van der Waals surface area contributed by atoms with Crippen molar-refractivity contribution in [1.29, 1.82) is 0 Å². The zero-order valence-electron chi connectivity index (χ0n) is 27.9. The van der Waals surface area contributed by atoms with Crippen molar-refractivity contribution in [2.45, 2.75) is 38.0 Å². The zero-order valence-corrected chi connectivity index (χ0v) is 29.4. The molecule has 10 nitrogen and oxygen atoms in total. The third kappa shape index (κ3) is 8.53. The van der Waals surface area contributed by atoms with Crippen molar-refractivity contribution >= 4 is 41.0 Å². The number of rotatable bonds is 11. The number of methoxy groups -OCH3 is 2. The highest BCUT2D eigenvalue weighted by Crippen LogP contribution is 2.36. The smallest absolute Gasteiger partial charge is 0.415 e. The Morgan fingerprint density at radius 1 is 0.941 bits per heavy atom. The van der Waals surface area contributed by atoms with Gasteiger partial charge in [0.25, 0.3) is 0 Å². The largest absolute Gasteiger partial charge is 0.870 e. The van der Waals surface area contributed by atoms with Crippen LogP contribution >= 0.6 is 23.2 Å². The van der Waals surface area contributed by atoms with E-state index in [1.165, 1.54) is 26.4 Å². The van der Waals surface area contributed by atoms with Gasteiger partial charge in [-0.05, 0) is 79.4 Å². The summed E-state index contributed by atoms with van der Waals surface area (Å²) in [5, 5.41) is 0.707. The first kappa shape index (κ1) is 37.8. The molecule has 3 aromatic carbocycles. The molecule has 4 aromatic rings. The van der Waals surface area contributed by atoms with Crippen LogP contribution in [-0.4, -0.2) is 62.4 Å². The van der Waals surface area contributed by atoms with Crippen LogP contribution in [0.1, 0.15) is 46.0 Å². The van der Waals surface area contributed by atoms with Crippen LogP contribution in [0.15, 0.2) is 73.1 Å². The van der Waals surface area contributed by atoms with Crippen molar-refractivity contribution in [2.24, 2.45) is 5.92 Å². The Balaban J connectivity index is 0.00000504. The van der Waals surface area contributed by atoms with E-state index in [4.69, 9.17) is 42.1 Å². The summed E-state index contributed by atoms with van der Waals surface area (Å²) in [6.07, 6.45) is 2.92. The minimum atomic E-state index is -0.917. The topological polar surface area (TPSA) is 122 Å².